The molecule has 0 aromatic rings. The maximum absolute atomic E-state index is 9.91. The fourth-order valence-electron chi connectivity index (χ4n) is 0.508. The number of amides is 1. The van der Waals surface area contributed by atoms with Gasteiger partial charge in [-0.25, -0.2) is 4.79 Å². The second kappa shape index (κ2) is 2.77. The van der Waals surface area contributed by atoms with Crippen molar-refractivity contribution >= 4 is 18.5 Å². The van der Waals surface area contributed by atoms with Crippen molar-refractivity contribution in [1.29, 1.82) is 0 Å². The Hall–Kier alpha value is -0.440. The van der Waals surface area contributed by atoms with Gasteiger partial charge in [-0.05, 0) is 6.42 Å². The second-order valence-corrected chi connectivity index (χ2v) is 1.62. The Balaban J connectivity index is 0.000000490. The molecule has 0 radical (unpaired) electrons. The van der Waals surface area contributed by atoms with Crippen LogP contribution in [0.1, 0.15) is 6.42 Å². The molecule has 0 aliphatic carbocycles. The number of likely N-dealkylation sites (tertiary alicyclic amines) is 1. The van der Waals surface area contributed by atoms with Crippen molar-refractivity contribution in [3.05, 3.63) is 0 Å². The van der Waals surface area contributed by atoms with Gasteiger partial charge in [-0.1, -0.05) is 0 Å². The smallest absolute Gasteiger partial charge is 0.407 e. The molecule has 1 N–H and O–H groups in total. The van der Waals surface area contributed by atoms with Crippen LogP contribution in [0.4, 0.5) is 4.79 Å². The third kappa shape index (κ3) is 1.26. The third-order valence-corrected chi connectivity index (χ3v) is 1.13. The third-order valence-electron chi connectivity index (χ3n) is 1.13. The van der Waals surface area contributed by atoms with Gasteiger partial charge in [-0.15, -0.1) is 12.4 Å². The lowest BCUT2D eigenvalue weighted by molar-refractivity contribution is 0.118. The van der Waals surface area contributed by atoms with Crippen LogP contribution in [-0.4, -0.2) is 29.2 Å². The van der Waals surface area contributed by atoms with Gasteiger partial charge in [0.2, 0.25) is 0 Å². The van der Waals surface area contributed by atoms with Crippen molar-refractivity contribution in [2.24, 2.45) is 0 Å². The van der Waals surface area contributed by atoms with E-state index in [1.807, 2.05) is 0 Å². The van der Waals surface area contributed by atoms with E-state index in [0.29, 0.717) is 0 Å². The number of nitrogens with zero attached hydrogens (tertiary/aromatic N) is 1. The molecule has 1 heterocycles. The summed E-state index contributed by atoms with van der Waals surface area (Å²) in [4.78, 5) is 11.3. The first-order valence-electron chi connectivity index (χ1n) is 2.28. The zero-order valence-corrected chi connectivity index (χ0v) is 5.15. The number of carbonyl (C=O) groups is 1. The topological polar surface area (TPSA) is 40.5 Å². The minimum atomic E-state index is -0.786. The largest absolute Gasteiger partial charge is 0.465 e. The summed E-state index contributed by atoms with van der Waals surface area (Å²) in [6.45, 7) is 1.46. The zero-order chi connectivity index (χ0) is 5.28. The monoisotopic (exact) mass is 137 g/mol. The Bertz CT molecular complexity index is 92.0. The van der Waals surface area contributed by atoms with Gasteiger partial charge in [0.1, 0.15) is 0 Å². The lowest BCUT2D eigenvalue weighted by Crippen LogP contribution is -2.40. The van der Waals surface area contributed by atoms with Crippen LogP contribution in [-0.2, 0) is 0 Å². The van der Waals surface area contributed by atoms with Crippen LogP contribution in [0, 0.1) is 0 Å². The Morgan fingerprint density at radius 3 is 2.00 bits per heavy atom. The van der Waals surface area contributed by atoms with E-state index in [9.17, 15) is 4.79 Å². The molecular formula is C4H8ClNO2. The molecule has 0 unspecified atom stereocenters. The van der Waals surface area contributed by atoms with Gasteiger partial charge in [0.25, 0.3) is 0 Å². The predicted molar refractivity (Wildman–Crippen MR) is 31.5 cm³/mol. The van der Waals surface area contributed by atoms with E-state index in [1.54, 1.807) is 0 Å². The van der Waals surface area contributed by atoms with E-state index in [0.717, 1.165) is 19.5 Å². The Kier molecular flexibility index (Phi) is 2.62. The van der Waals surface area contributed by atoms with Crippen LogP contribution in [0.15, 0.2) is 0 Å². The summed E-state index contributed by atoms with van der Waals surface area (Å²) in [6, 6.07) is 0. The predicted octanol–water partition coefficient (Wildman–Crippen LogP) is 0.792. The minimum absolute atomic E-state index is 0. The van der Waals surface area contributed by atoms with Crippen molar-refractivity contribution in [2.45, 2.75) is 6.42 Å². The average molecular weight is 138 g/mol. The molecule has 1 rings (SSSR count). The zero-order valence-electron chi connectivity index (χ0n) is 4.33. The number of carboxylic acid groups (broad SMARTS) is 1. The summed E-state index contributed by atoms with van der Waals surface area (Å²) in [5, 5.41) is 8.16. The van der Waals surface area contributed by atoms with Crippen molar-refractivity contribution in [2.75, 3.05) is 13.1 Å². The highest BCUT2D eigenvalue weighted by molar-refractivity contribution is 5.85. The first-order valence-corrected chi connectivity index (χ1v) is 2.28. The second-order valence-electron chi connectivity index (χ2n) is 1.62. The molecule has 0 bridgehead atoms. The first kappa shape index (κ1) is 7.56. The minimum Gasteiger partial charge on any atom is -0.465 e. The molecule has 1 saturated heterocycles. The maximum atomic E-state index is 9.91. The Morgan fingerprint density at radius 2 is 2.00 bits per heavy atom. The maximum Gasteiger partial charge on any atom is 0.407 e. The molecule has 0 saturated carbocycles. The van der Waals surface area contributed by atoms with Crippen molar-refractivity contribution in [3.8, 4) is 0 Å². The summed E-state index contributed by atoms with van der Waals surface area (Å²) in [5.74, 6) is 0. The first-order chi connectivity index (χ1) is 3.30. The lowest BCUT2D eigenvalue weighted by atomic mass is 10.2. The number of hydrogen-bond donors (Lipinski definition) is 1. The fraction of sp³-hybridized carbons (Fsp3) is 0.750. The number of halogens is 1. The average Bonchev–Trinajstić information content (AvgIpc) is 1.23. The molecular weight excluding hydrogens is 130 g/mol. The quantitative estimate of drug-likeness (QED) is 0.536. The fourth-order valence-corrected chi connectivity index (χ4v) is 0.508. The molecule has 1 aliphatic rings. The van der Waals surface area contributed by atoms with E-state index in [-0.39, 0.29) is 12.4 Å². The van der Waals surface area contributed by atoms with Gasteiger partial charge in [-0.2, -0.15) is 0 Å². The molecule has 0 atom stereocenters. The van der Waals surface area contributed by atoms with E-state index in [4.69, 9.17) is 5.11 Å². The number of rotatable bonds is 0. The molecule has 48 valence electrons. The van der Waals surface area contributed by atoms with Gasteiger partial charge in [0, 0.05) is 13.1 Å². The summed E-state index contributed by atoms with van der Waals surface area (Å²) in [7, 11) is 0. The molecule has 0 aromatic carbocycles. The highest BCUT2D eigenvalue weighted by Gasteiger charge is 2.17. The van der Waals surface area contributed by atoms with Crippen LogP contribution in [0.3, 0.4) is 0 Å². The number of hydrogen-bond acceptors (Lipinski definition) is 1. The standard InChI is InChI=1S/C4H7NO2.ClH/c6-4(7)5-2-1-3-5;/h1-3H2,(H,6,7);1H. The van der Waals surface area contributed by atoms with Crippen molar-refractivity contribution < 1.29 is 9.90 Å². The van der Waals surface area contributed by atoms with Crippen LogP contribution >= 0.6 is 12.4 Å². The van der Waals surface area contributed by atoms with E-state index < -0.39 is 6.09 Å². The lowest BCUT2D eigenvalue weighted by Gasteiger charge is -2.27. The molecule has 4 heteroatoms. The summed E-state index contributed by atoms with van der Waals surface area (Å²) in [5.41, 5.74) is 0. The van der Waals surface area contributed by atoms with Gasteiger partial charge >= 0.3 is 6.09 Å². The van der Waals surface area contributed by atoms with Crippen LogP contribution in [0.5, 0.6) is 0 Å². The van der Waals surface area contributed by atoms with E-state index in [2.05, 4.69) is 0 Å². The highest BCUT2D eigenvalue weighted by atomic mass is 35.5. The van der Waals surface area contributed by atoms with Crippen molar-refractivity contribution in [3.63, 3.8) is 0 Å². The van der Waals surface area contributed by atoms with Gasteiger partial charge < -0.3 is 10.0 Å². The van der Waals surface area contributed by atoms with Crippen LogP contribution in [0.2, 0.25) is 0 Å². The van der Waals surface area contributed by atoms with E-state index in [1.165, 1.54) is 4.90 Å². The summed E-state index contributed by atoms with van der Waals surface area (Å²) in [6.07, 6.45) is 0.248. The van der Waals surface area contributed by atoms with E-state index >= 15 is 0 Å². The van der Waals surface area contributed by atoms with Gasteiger partial charge in [0.15, 0.2) is 0 Å². The van der Waals surface area contributed by atoms with Gasteiger partial charge in [0.05, 0.1) is 0 Å². The van der Waals surface area contributed by atoms with Crippen LogP contribution < -0.4 is 0 Å². The Labute approximate surface area is 53.7 Å². The van der Waals surface area contributed by atoms with Crippen LogP contribution in [0.25, 0.3) is 0 Å². The molecule has 1 amide bonds. The molecule has 3 nitrogen and oxygen atoms in total. The summed E-state index contributed by atoms with van der Waals surface area (Å²) < 4.78 is 0. The molecule has 0 aromatic heterocycles. The molecule has 1 fully saturated rings. The summed E-state index contributed by atoms with van der Waals surface area (Å²) >= 11 is 0. The molecule has 8 heavy (non-hydrogen) atoms. The molecule has 1 aliphatic heterocycles. The highest BCUT2D eigenvalue weighted by Crippen LogP contribution is 2.03. The Morgan fingerprint density at radius 1 is 1.50 bits per heavy atom. The normalized spacial score (nSPS) is 16.2. The van der Waals surface area contributed by atoms with Gasteiger partial charge in [-0.3, -0.25) is 0 Å². The SMILES string of the molecule is Cl.O=C(O)N1CCC1. The molecule has 0 spiro atoms. The van der Waals surface area contributed by atoms with Crippen molar-refractivity contribution in [1.82, 2.24) is 4.90 Å².